The molecule has 2 N–H and O–H groups in total. The van der Waals surface area contributed by atoms with Gasteiger partial charge in [0.1, 0.15) is 18.2 Å². The second-order valence-corrected chi connectivity index (χ2v) is 4.59. The van der Waals surface area contributed by atoms with E-state index < -0.39 is 5.97 Å². The number of nitrogens with two attached hydrogens (primary N) is 1. The van der Waals surface area contributed by atoms with Gasteiger partial charge in [0, 0.05) is 5.69 Å². The first-order chi connectivity index (χ1) is 10.0. The minimum Gasteiger partial charge on any atom is -0.482 e. The Morgan fingerprint density at radius 1 is 1.19 bits per heavy atom. The number of carbonyl (C=O) groups excluding carboxylic acids is 1. The average Bonchev–Trinajstić information content (AvgIpc) is 2.46. The van der Waals surface area contributed by atoms with E-state index in [1.807, 2.05) is 0 Å². The molecule has 0 saturated carbocycles. The number of benzene rings is 2. The fourth-order valence-electron chi connectivity index (χ4n) is 1.73. The number of anilines is 1. The maximum Gasteiger partial charge on any atom is 0.344 e. The molecule has 0 saturated heterocycles. The van der Waals surface area contributed by atoms with E-state index in [2.05, 4.69) is 0 Å². The molecule has 0 fully saturated rings. The second-order valence-electron chi connectivity index (χ2n) is 4.59. The number of hydrogen-bond acceptors (Lipinski definition) is 4. The van der Waals surface area contributed by atoms with Gasteiger partial charge in [-0.15, -0.1) is 0 Å². The molecule has 0 unspecified atom stereocenters. The highest BCUT2D eigenvalue weighted by Gasteiger charge is 2.07. The zero-order valence-electron chi connectivity index (χ0n) is 11.6. The van der Waals surface area contributed by atoms with Gasteiger partial charge in [-0.25, -0.2) is 9.18 Å². The number of carbonyl (C=O) groups is 1. The molecular weight excluding hydrogens is 273 g/mol. The third-order valence-corrected chi connectivity index (χ3v) is 2.93. The van der Waals surface area contributed by atoms with Crippen molar-refractivity contribution >= 4 is 11.7 Å². The predicted molar refractivity (Wildman–Crippen MR) is 77.3 cm³/mol. The smallest absolute Gasteiger partial charge is 0.344 e. The normalized spacial score (nSPS) is 10.2. The van der Waals surface area contributed by atoms with Gasteiger partial charge in [0.25, 0.3) is 0 Å². The molecule has 0 heterocycles. The highest BCUT2D eigenvalue weighted by Crippen LogP contribution is 2.14. The van der Waals surface area contributed by atoms with Gasteiger partial charge >= 0.3 is 5.97 Å². The SMILES string of the molecule is Cc1cc(F)ccc1COC(=O)COc1ccc(N)cc1. The number of ether oxygens (including phenoxy) is 2. The molecule has 0 aliphatic rings. The number of rotatable bonds is 5. The first-order valence-electron chi connectivity index (χ1n) is 6.43. The van der Waals surface area contributed by atoms with Gasteiger partial charge in [-0.1, -0.05) is 6.07 Å². The molecule has 2 rings (SSSR count). The number of hydrogen-bond donors (Lipinski definition) is 1. The van der Waals surface area contributed by atoms with Crippen LogP contribution in [-0.2, 0) is 16.1 Å². The van der Waals surface area contributed by atoms with E-state index in [0.717, 1.165) is 11.1 Å². The lowest BCUT2D eigenvalue weighted by atomic mass is 10.1. The summed E-state index contributed by atoms with van der Waals surface area (Å²) in [6, 6.07) is 11.0. The molecule has 110 valence electrons. The van der Waals surface area contributed by atoms with Crippen LogP contribution in [0.4, 0.5) is 10.1 Å². The fraction of sp³-hybridized carbons (Fsp3) is 0.188. The van der Waals surface area contributed by atoms with Crippen LogP contribution in [-0.4, -0.2) is 12.6 Å². The van der Waals surface area contributed by atoms with Gasteiger partial charge in [0.05, 0.1) is 0 Å². The molecule has 0 aliphatic heterocycles. The lowest BCUT2D eigenvalue weighted by Crippen LogP contribution is -2.15. The number of nitrogen functional groups attached to an aromatic ring is 1. The third kappa shape index (κ3) is 4.49. The molecule has 0 aliphatic carbocycles. The van der Waals surface area contributed by atoms with Crippen LogP contribution in [0.1, 0.15) is 11.1 Å². The molecule has 0 aromatic heterocycles. The van der Waals surface area contributed by atoms with E-state index in [-0.39, 0.29) is 19.0 Å². The summed E-state index contributed by atoms with van der Waals surface area (Å²) >= 11 is 0. The monoisotopic (exact) mass is 289 g/mol. The van der Waals surface area contributed by atoms with Crippen molar-refractivity contribution in [2.75, 3.05) is 12.3 Å². The van der Waals surface area contributed by atoms with Crippen LogP contribution in [0.5, 0.6) is 5.75 Å². The zero-order valence-corrected chi connectivity index (χ0v) is 11.6. The Morgan fingerprint density at radius 3 is 2.57 bits per heavy atom. The Hall–Kier alpha value is -2.56. The fourth-order valence-corrected chi connectivity index (χ4v) is 1.73. The summed E-state index contributed by atoms with van der Waals surface area (Å²) in [4.78, 5) is 11.6. The zero-order chi connectivity index (χ0) is 15.2. The standard InChI is InChI=1S/C16H16FNO3/c1-11-8-13(17)3-2-12(11)9-21-16(19)10-20-15-6-4-14(18)5-7-15/h2-8H,9-10,18H2,1H3. The average molecular weight is 289 g/mol. The van der Waals surface area contributed by atoms with Crippen LogP contribution >= 0.6 is 0 Å². The van der Waals surface area contributed by atoms with Crippen LogP contribution in [0.25, 0.3) is 0 Å². The van der Waals surface area contributed by atoms with E-state index >= 15 is 0 Å². The highest BCUT2D eigenvalue weighted by atomic mass is 19.1. The summed E-state index contributed by atoms with van der Waals surface area (Å²) in [6.45, 7) is 1.66. The van der Waals surface area contributed by atoms with Crippen LogP contribution < -0.4 is 10.5 Å². The Labute approximate surface area is 122 Å². The van der Waals surface area contributed by atoms with Crippen molar-refractivity contribution in [3.63, 3.8) is 0 Å². The number of halogens is 1. The molecule has 2 aromatic carbocycles. The minimum absolute atomic E-state index is 0.0933. The summed E-state index contributed by atoms with van der Waals surface area (Å²) < 4.78 is 23.3. The summed E-state index contributed by atoms with van der Waals surface area (Å²) in [5, 5.41) is 0. The molecular formula is C16H16FNO3. The maximum atomic E-state index is 12.9. The van der Waals surface area contributed by atoms with E-state index in [9.17, 15) is 9.18 Å². The summed E-state index contributed by atoms with van der Waals surface area (Å²) in [7, 11) is 0. The summed E-state index contributed by atoms with van der Waals surface area (Å²) in [6.07, 6.45) is 0. The van der Waals surface area contributed by atoms with Gasteiger partial charge in [0.2, 0.25) is 0 Å². The lowest BCUT2D eigenvalue weighted by Gasteiger charge is -2.09. The van der Waals surface area contributed by atoms with Crippen LogP contribution in [0.2, 0.25) is 0 Å². The molecule has 2 aromatic rings. The third-order valence-electron chi connectivity index (χ3n) is 2.93. The molecule has 0 amide bonds. The predicted octanol–water partition coefficient (Wildman–Crippen LogP) is 2.84. The van der Waals surface area contributed by atoms with Gasteiger partial charge in [-0.05, 0) is 54.4 Å². The minimum atomic E-state index is -0.490. The Morgan fingerprint density at radius 2 is 1.90 bits per heavy atom. The van der Waals surface area contributed by atoms with Crippen molar-refractivity contribution in [2.45, 2.75) is 13.5 Å². The quantitative estimate of drug-likeness (QED) is 0.679. The maximum absolute atomic E-state index is 12.9. The van der Waals surface area contributed by atoms with Gasteiger partial charge in [-0.2, -0.15) is 0 Å². The van der Waals surface area contributed by atoms with Crippen molar-refractivity contribution in [1.29, 1.82) is 0 Å². The number of aryl methyl sites for hydroxylation is 1. The molecule has 0 bridgehead atoms. The van der Waals surface area contributed by atoms with Crippen molar-refractivity contribution in [3.8, 4) is 5.75 Å². The molecule has 0 spiro atoms. The molecule has 5 heteroatoms. The Balaban J connectivity index is 1.80. The van der Waals surface area contributed by atoms with Crippen molar-refractivity contribution < 1.29 is 18.7 Å². The molecule has 4 nitrogen and oxygen atoms in total. The van der Waals surface area contributed by atoms with E-state index in [1.165, 1.54) is 12.1 Å². The highest BCUT2D eigenvalue weighted by molar-refractivity contribution is 5.71. The number of esters is 1. The topological polar surface area (TPSA) is 61.5 Å². The first kappa shape index (κ1) is 14.8. The molecule has 0 atom stereocenters. The van der Waals surface area contributed by atoms with Crippen LogP contribution in [0, 0.1) is 12.7 Å². The van der Waals surface area contributed by atoms with E-state index in [0.29, 0.717) is 11.4 Å². The largest absolute Gasteiger partial charge is 0.482 e. The Kier molecular flexibility index (Phi) is 4.77. The van der Waals surface area contributed by atoms with Crippen LogP contribution in [0.15, 0.2) is 42.5 Å². The second kappa shape index (κ2) is 6.74. The van der Waals surface area contributed by atoms with Gasteiger partial charge in [0.15, 0.2) is 6.61 Å². The molecule has 0 radical (unpaired) electrons. The van der Waals surface area contributed by atoms with E-state index in [1.54, 1.807) is 37.3 Å². The van der Waals surface area contributed by atoms with Crippen molar-refractivity contribution in [2.24, 2.45) is 0 Å². The van der Waals surface area contributed by atoms with E-state index in [4.69, 9.17) is 15.2 Å². The summed E-state index contributed by atoms with van der Waals surface area (Å²) in [5.41, 5.74) is 7.67. The first-order valence-corrected chi connectivity index (χ1v) is 6.43. The Bertz CT molecular complexity index is 626. The van der Waals surface area contributed by atoms with Gasteiger partial charge < -0.3 is 15.2 Å². The van der Waals surface area contributed by atoms with Gasteiger partial charge in [-0.3, -0.25) is 0 Å². The van der Waals surface area contributed by atoms with Crippen LogP contribution in [0.3, 0.4) is 0 Å². The van der Waals surface area contributed by atoms with Crippen molar-refractivity contribution in [3.05, 3.63) is 59.4 Å². The summed E-state index contributed by atoms with van der Waals surface area (Å²) in [5.74, 6) is -0.260. The van der Waals surface area contributed by atoms with Crippen molar-refractivity contribution in [1.82, 2.24) is 0 Å². The molecule has 21 heavy (non-hydrogen) atoms. The lowest BCUT2D eigenvalue weighted by molar-refractivity contribution is -0.147.